The number of ether oxygens (including phenoxy) is 1. The summed E-state index contributed by atoms with van der Waals surface area (Å²) in [6, 6.07) is 9.68. The highest BCUT2D eigenvalue weighted by atomic mass is 35.5. The lowest BCUT2D eigenvalue weighted by Crippen LogP contribution is -2.12. The molecule has 0 aliphatic heterocycles. The van der Waals surface area contributed by atoms with Gasteiger partial charge in [-0.05, 0) is 44.2 Å². The standard InChI is InChI=1S/C18H20ClN3O2/c1-3-23-17-7-5-13(8-16(17)19)18-14(10-21-22-18)9-20-11-15-6-4-12(2)24-15/h4-8,10,20H,3,9,11H2,1-2H3,(H,21,22). The number of hydrogen-bond donors (Lipinski definition) is 2. The fourth-order valence-electron chi connectivity index (χ4n) is 2.52. The number of hydrogen-bond acceptors (Lipinski definition) is 4. The second kappa shape index (κ2) is 7.55. The highest BCUT2D eigenvalue weighted by Gasteiger charge is 2.10. The molecule has 0 fully saturated rings. The highest BCUT2D eigenvalue weighted by Crippen LogP contribution is 2.31. The molecule has 2 N–H and O–H groups in total. The summed E-state index contributed by atoms with van der Waals surface area (Å²) in [6.45, 7) is 5.81. The average molecular weight is 346 g/mol. The van der Waals surface area contributed by atoms with E-state index in [2.05, 4.69) is 15.5 Å². The van der Waals surface area contributed by atoms with Crippen LogP contribution in [0.5, 0.6) is 5.75 Å². The lowest BCUT2D eigenvalue weighted by Gasteiger charge is -2.08. The maximum Gasteiger partial charge on any atom is 0.137 e. The third-order valence-electron chi connectivity index (χ3n) is 3.65. The largest absolute Gasteiger partial charge is 0.492 e. The van der Waals surface area contributed by atoms with Gasteiger partial charge in [-0.15, -0.1) is 0 Å². The molecule has 3 aromatic rings. The molecular formula is C18H20ClN3O2. The van der Waals surface area contributed by atoms with Crippen molar-refractivity contribution >= 4 is 11.6 Å². The lowest BCUT2D eigenvalue weighted by molar-refractivity contribution is 0.340. The van der Waals surface area contributed by atoms with Gasteiger partial charge in [0, 0.05) is 17.7 Å². The normalized spacial score (nSPS) is 11.0. The molecule has 6 heteroatoms. The Balaban J connectivity index is 1.69. The van der Waals surface area contributed by atoms with Crippen molar-refractivity contribution in [2.75, 3.05) is 6.61 Å². The van der Waals surface area contributed by atoms with E-state index in [1.807, 2.05) is 50.4 Å². The summed E-state index contributed by atoms with van der Waals surface area (Å²) >= 11 is 6.28. The van der Waals surface area contributed by atoms with Crippen LogP contribution in [0.4, 0.5) is 0 Å². The Morgan fingerprint density at radius 2 is 2.12 bits per heavy atom. The summed E-state index contributed by atoms with van der Waals surface area (Å²) in [5.41, 5.74) is 2.99. The summed E-state index contributed by atoms with van der Waals surface area (Å²) in [7, 11) is 0. The number of aryl methyl sites for hydroxylation is 1. The molecule has 2 aromatic heterocycles. The van der Waals surface area contributed by atoms with Crippen LogP contribution in [0.1, 0.15) is 24.0 Å². The van der Waals surface area contributed by atoms with E-state index in [-0.39, 0.29) is 0 Å². The first kappa shape index (κ1) is 16.6. The maximum absolute atomic E-state index is 6.28. The molecule has 0 spiro atoms. The first-order valence-corrected chi connectivity index (χ1v) is 8.26. The van der Waals surface area contributed by atoms with Crippen LogP contribution in [0.3, 0.4) is 0 Å². The monoisotopic (exact) mass is 345 g/mol. The number of H-pyrrole nitrogens is 1. The summed E-state index contributed by atoms with van der Waals surface area (Å²) < 4.78 is 11.0. The van der Waals surface area contributed by atoms with Crippen LogP contribution in [0.25, 0.3) is 11.3 Å². The molecule has 0 radical (unpaired) electrons. The van der Waals surface area contributed by atoms with Gasteiger partial charge in [0.25, 0.3) is 0 Å². The Bertz CT molecular complexity index is 810. The van der Waals surface area contributed by atoms with E-state index < -0.39 is 0 Å². The van der Waals surface area contributed by atoms with E-state index in [9.17, 15) is 0 Å². The number of furan rings is 1. The molecule has 0 aliphatic rings. The predicted molar refractivity (Wildman–Crippen MR) is 94.2 cm³/mol. The van der Waals surface area contributed by atoms with Crippen LogP contribution in [0.15, 0.2) is 40.9 Å². The summed E-state index contributed by atoms with van der Waals surface area (Å²) in [5.74, 6) is 2.52. The Kier molecular flexibility index (Phi) is 5.23. The Morgan fingerprint density at radius 3 is 2.83 bits per heavy atom. The quantitative estimate of drug-likeness (QED) is 0.669. The minimum Gasteiger partial charge on any atom is -0.492 e. The molecule has 0 atom stereocenters. The van der Waals surface area contributed by atoms with Crippen molar-refractivity contribution in [1.82, 2.24) is 15.5 Å². The van der Waals surface area contributed by atoms with Gasteiger partial charge in [-0.1, -0.05) is 11.6 Å². The molecule has 0 saturated heterocycles. The van der Waals surface area contributed by atoms with Crippen molar-refractivity contribution in [2.24, 2.45) is 0 Å². The second-order valence-electron chi connectivity index (χ2n) is 5.46. The van der Waals surface area contributed by atoms with Crippen LogP contribution >= 0.6 is 11.6 Å². The zero-order chi connectivity index (χ0) is 16.9. The second-order valence-corrected chi connectivity index (χ2v) is 5.87. The van der Waals surface area contributed by atoms with E-state index in [1.165, 1.54) is 0 Å². The van der Waals surface area contributed by atoms with Gasteiger partial charge in [0.15, 0.2) is 0 Å². The fourth-order valence-corrected chi connectivity index (χ4v) is 2.76. The molecule has 0 saturated carbocycles. The van der Waals surface area contributed by atoms with Crippen LogP contribution < -0.4 is 10.1 Å². The van der Waals surface area contributed by atoms with Gasteiger partial charge in [0.1, 0.15) is 17.3 Å². The molecule has 5 nitrogen and oxygen atoms in total. The SMILES string of the molecule is CCOc1ccc(-c2[nH]ncc2CNCc2ccc(C)o2)cc1Cl. The highest BCUT2D eigenvalue weighted by molar-refractivity contribution is 6.32. The summed E-state index contributed by atoms with van der Waals surface area (Å²) in [4.78, 5) is 0. The molecule has 0 amide bonds. The van der Waals surface area contributed by atoms with E-state index in [0.29, 0.717) is 30.5 Å². The summed E-state index contributed by atoms with van der Waals surface area (Å²) in [5, 5.41) is 11.1. The van der Waals surface area contributed by atoms with Gasteiger partial charge in [-0.25, -0.2) is 0 Å². The maximum atomic E-state index is 6.28. The Hall–Kier alpha value is -2.24. The summed E-state index contributed by atoms with van der Waals surface area (Å²) in [6.07, 6.45) is 1.82. The number of halogens is 1. The smallest absolute Gasteiger partial charge is 0.137 e. The Morgan fingerprint density at radius 1 is 1.25 bits per heavy atom. The van der Waals surface area contributed by atoms with Crippen molar-refractivity contribution in [3.63, 3.8) is 0 Å². The van der Waals surface area contributed by atoms with Crippen LogP contribution in [-0.2, 0) is 13.1 Å². The fraction of sp³-hybridized carbons (Fsp3) is 0.278. The third kappa shape index (κ3) is 3.80. The van der Waals surface area contributed by atoms with E-state index in [0.717, 1.165) is 28.3 Å². The van der Waals surface area contributed by atoms with Gasteiger partial charge in [-0.2, -0.15) is 5.10 Å². The van der Waals surface area contributed by atoms with E-state index in [1.54, 1.807) is 0 Å². The predicted octanol–water partition coefficient (Wildman–Crippen LogP) is 4.32. The molecule has 0 aliphatic carbocycles. The third-order valence-corrected chi connectivity index (χ3v) is 3.94. The molecule has 1 aromatic carbocycles. The van der Waals surface area contributed by atoms with Crippen molar-refractivity contribution in [1.29, 1.82) is 0 Å². The molecule has 2 heterocycles. The topological polar surface area (TPSA) is 63.1 Å². The molecule has 0 bridgehead atoms. The van der Waals surface area contributed by atoms with Gasteiger partial charge < -0.3 is 14.5 Å². The molecular weight excluding hydrogens is 326 g/mol. The minimum absolute atomic E-state index is 0.588. The van der Waals surface area contributed by atoms with Crippen molar-refractivity contribution in [2.45, 2.75) is 26.9 Å². The number of nitrogens with zero attached hydrogens (tertiary/aromatic N) is 1. The number of rotatable bonds is 7. The van der Waals surface area contributed by atoms with Crippen molar-refractivity contribution in [3.8, 4) is 17.0 Å². The molecule has 0 unspecified atom stereocenters. The number of benzene rings is 1. The molecule has 24 heavy (non-hydrogen) atoms. The zero-order valence-electron chi connectivity index (χ0n) is 13.7. The minimum atomic E-state index is 0.588. The number of nitrogens with one attached hydrogen (secondary N) is 2. The van der Waals surface area contributed by atoms with Crippen LogP contribution in [-0.4, -0.2) is 16.8 Å². The van der Waals surface area contributed by atoms with Crippen LogP contribution in [0.2, 0.25) is 5.02 Å². The average Bonchev–Trinajstić information content (AvgIpc) is 3.19. The van der Waals surface area contributed by atoms with Crippen LogP contribution in [0, 0.1) is 6.92 Å². The van der Waals surface area contributed by atoms with Gasteiger partial charge in [0.05, 0.1) is 30.1 Å². The van der Waals surface area contributed by atoms with Gasteiger partial charge in [-0.3, -0.25) is 5.10 Å². The first-order chi connectivity index (χ1) is 11.7. The van der Waals surface area contributed by atoms with E-state index >= 15 is 0 Å². The Labute approximate surface area is 146 Å². The number of aromatic nitrogens is 2. The molecule has 126 valence electrons. The van der Waals surface area contributed by atoms with Crippen molar-refractivity contribution < 1.29 is 9.15 Å². The van der Waals surface area contributed by atoms with E-state index in [4.69, 9.17) is 20.8 Å². The zero-order valence-corrected chi connectivity index (χ0v) is 14.5. The molecule has 3 rings (SSSR count). The number of aromatic amines is 1. The lowest BCUT2D eigenvalue weighted by atomic mass is 10.1. The van der Waals surface area contributed by atoms with Crippen molar-refractivity contribution in [3.05, 3.63) is 58.6 Å². The van der Waals surface area contributed by atoms with Gasteiger partial charge in [0.2, 0.25) is 0 Å². The first-order valence-electron chi connectivity index (χ1n) is 7.88. The van der Waals surface area contributed by atoms with Gasteiger partial charge >= 0.3 is 0 Å².